The molecule has 136 valence electrons. The van der Waals surface area contributed by atoms with E-state index >= 15 is 0 Å². The quantitative estimate of drug-likeness (QED) is 0.683. The molecule has 2 atom stereocenters. The molecule has 0 aliphatic carbocycles. The molecule has 0 fully saturated rings. The van der Waals surface area contributed by atoms with E-state index in [1.54, 1.807) is 0 Å². The first-order valence-corrected chi connectivity index (χ1v) is 9.16. The first-order chi connectivity index (χ1) is 11.4. The Balaban J connectivity index is 2.31. The van der Waals surface area contributed by atoms with Gasteiger partial charge in [0.25, 0.3) is 0 Å². The van der Waals surface area contributed by atoms with Gasteiger partial charge < -0.3 is 19.5 Å². The van der Waals surface area contributed by atoms with Crippen molar-refractivity contribution >= 4 is 5.69 Å². The van der Waals surface area contributed by atoms with Crippen LogP contribution in [0.15, 0.2) is 18.2 Å². The Kier molecular flexibility index (Phi) is 6.53. The van der Waals surface area contributed by atoms with Crippen molar-refractivity contribution < 1.29 is 14.2 Å². The monoisotopic (exact) mass is 335 g/mol. The molecular weight excluding hydrogens is 302 g/mol. The number of hydrogen-bond donors (Lipinski definition) is 1. The van der Waals surface area contributed by atoms with Crippen LogP contribution in [0.1, 0.15) is 65.5 Å². The smallest absolute Gasteiger partial charge is 0.132 e. The maximum Gasteiger partial charge on any atom is 0.132 e. The van der Waals surface area contributed by atoms with Crippen molar-refractivity contribution in [1.29, 1.82) is 0 Å². The molecule has 4 heteroatoms. The van der Waals surface area contributed by atoms with Crippen molar-refractivity contribution in [3.63, 3.8) is 0 Å². The van der Waals surface area contributed by atoms with Crippen molar-refractivity contribution in [3.05, 3.63) is 23.8 Å². The molecule has 0 radical (unpaired) electrons. The molecule has 0 saturated heterocycles. The summed E-state index contributed by atoms with van der Waals surface area (Å²) in [5.41, 5.74) is 1.69. The van der Waals surface area contributed by atoms with Crippen LogP contribution in [0.5, 0.6) is 5.75 Å². The average Bonchev–Trinajstić information content (AvgIpc) is 2.52. The van der Waals surface area contributed by atoms with E-state index in [1.165, 1.54) is 12.8 Å². The maximum atomic E-state index is 6.29. The molecule has 24 heavy (non-hydrogen) atoms. The van der Waals surface area contributed by atoms with Crippen molar-refractivity contribution in [3.8, 4) is 5.75 Å². The molecule has 2 rings (SSSR count). The van der Waals surface area contributed by atoms with E-state index in [2.05, 4.69) is 46.0 Å². The van der Waals surface area contributed by atoms with E-state index in [4.69, 9.17) is 14.2 Å². The predicted molar refractivity (Wildman–Crippen MR) is 98.9 cm³/mol. The number of anilines is 1. The van der Waals surface area contributed by atoms with E-state index in [0.29, 0.717) is 0 Å². The Morgan fingerprint density at radius 2 is 2.00 bits per heavy atom. The zero-order chi connectivity index (χ0) is 17.7. The van der Waals surface area contributed by atoms with E-state index < -0.39 is 5.60 Å². The minimum atomic E-state index is -0.431. The van der Waals surface area contributed by atoms with Gasteiger partial charge in [0.1, 0.15) is 23.6 Å². The fourth-order valence-corrected chi connectivity index (χ4v) is 3.18. The number of unbranched alkanes of at least 4 members (excludes halogenated alkanes) is 2. The minimum absolute atomic E-state index is 0.122. The van der Waals surface area contributed by atoms with Crippen LogP contribution < -0.4 is 10.1 Å². The van der Waals surface area contributed by atoms with Crippen LogP contribution in [0.4, 0.5) is 5.69 Å². The van der Waals surface area contributed by atoms with Gasteiger partial charge in [0.15, 0.2) is 0 Å². The van der Waals surface area contributed by atoms with Crippen LogP contribution in [0.3, 0.4) is 0 Å². The van der Waals surface area contributed by atoms with Crippen molar-refractivity contribution in [1.82, 2.24) is 0 Å². The lowest BCUT2D eigenvalue weighted by molar-refractivity contribution is -0.173. The third-order valence-electron chi connectivity index (χ3n) is 4.40. The van der Waals surface area contributed by atoms with Crippen molar-refractivity contribution in [2.24, 2.45) is 0 Å². The molecular formula is C20H33NO3. The standard InChI is InChI=1S/C20H33NO3/c1-7-8-9-12-22-19-18(23-14(2)3)16-13-15(21-6)10-11-17(16)24-20(19,4)5/h10-11,13-14,18-19,21H,7-9,12H2,1-6H3. The molecule has 0 spiro atoms. The minimum Gasteiger partial charge on any atom is -0.485 e. The first-order valence-electron chi connectivity index (χ1n) is 9.16. The zero-order valence-electron chi connectivity index (χ0n) is 16.0. The number of nitrogens with one attached hydrogen (secondary N) is 1. The number of benzene rings is 1. The molecule has 1 aromatic rings. The summed E-state index contributed by atoms with van der Waals surface area (Å²) >= 11 is 0. The van der Waals surface area contributed by atoms with Crippen LogP contribution in [-0.4, -0.2) is 31.5 Å². The van der Waals surface area contributed by atoms with Crippen LogP contribution in [0, 0.1) is 0 Å². The summed E-state index contributed by atoms with van der Waals surface area (Å²) in [5.74, 6) is 0.887. The highest BCUT2D eigenvalue weighted by Crippen LogP contribution is 2.44. The molecule has 1 aromatic carbocycles. The zero-order valence-corrected chi connectivity index (χ0v) is 16.0. The number of rotatable bonds is 8. The summed E-state index contributed by atoms with van der Waals surface area (Å²) in [6.07, 6.45) is 3.31. The largest absolute Gasteiger partial charge is 0.485 e. The lowest BCUT2D eigenvalue weighted by atomic mass is 9.87. The van der Waals surface area contributed by atoms with E-state index in [0.717, 1.165) is 30.0 Å². The Labute approximate surface area is 146 Å². The second-order valence-corrected chi connectivity index (χ2v) is 7.31. The van der Waals surface area contributed by atoms with Gasteiger partial charge >= 0.3 is 0 Å². The van der Waals surface area contributed by atoms with E-state index in [1.807, 2.05) is 19.2 Å². The first kappa shape index (κ1) is 19.1. The number of fused-ring (bicyclic) bond motifs is 1. The fourth-order valence-electron chi connectivity index (χ4n) is 3.18. The Morgan fingerprint density at radius 3 is 2.62 bits per heavy atom. The van der Waals surface area contributed by atoms with Gasteiger partial charge in [0.2, 0.25) is 0 Å². The number of hydrogen-bond acceptors (Lipinski definition) is 4. The highest BCUT2D eigenvalue weighted by molar-refractivity contribution is 5.53. The summed E-state index contributed by atoms with van der Waals surface area (Å²) in [7, 11) is 1.92. The van der Waals surface area contributed by atoms with E-state index in [-0.39, 0.29) is 18.3 Å². The fraction of sp³-hybridized carbons (Fsp3) is 0.700. The lowest BCUT2D eigenvalue weighted by Gasteiger charge is -2.45. The number of ether oxygens (including phenoxy) is 3. The summed E-state index contributed by atoms with van der Waals surface area (Å²) in [5, 5.41) is 3.19. The highest BCUT2D eigenvalue weighted by Gasteiger charge is 2.45. The SMILES string of the molecule is CCCCCOC1C(OC(C)C)c2cc(NC)ccc2OC1(C)C. The van der Waals surface area contributed by atoms with Crippen LogP contribution >= 0.6 is 0 Å². The highest BCUT2D eigenvalue weighted by atomic mass is 16.6. The molecule has 1 aliphatic heterocycles. The van der Waals surface area contributed by atoms with Gasteiger partial charge in [-0.05, 0) is 52.3 Å². The second-order valence-electron chi connectivity index (χ2n) is 7.31. The normalized spacial score (nSPS) is 22.1. The molecule has 1 heterocycles. The molecule has 2 unspecified atom stereocenters. The van der Waals surface area contributed by atoms with Gasteiger partial charge in [-0.15, -0.1) is 0 Å². The molecule has 0 aromatic heterocycles. The molecule has 1 N–H and O–H groups in total. The molecule has 0 bridgehead atoms. The van der Waals surface area contributed by atoms with Crippen LogP contribution in [0.25, 0.3) is 0 Å². The third-order valence-corrected chi connectivity index (χ3v) is 4.40. The summed E-state index contributed by atoms with van der Waals surface area (Å²) in [4.78, 5) is 0. The summed E-state index contributed by atoms with van der Waals surface area (Å²) in [6.45, 7) is 11.3. The molecule has 0 saturated carbocycles. The average molecular weight is 335 g/mol. The van der Waals surface area contributed by atoms with E-state index in [9.17, 15) is 0 Å². The van der Waals surface area contributed by atoms with Gasteiger partial charge in [0, 0.05) is 24.9 Å². The summed E-state index contributed by atoms with van der Waals surface area (Å²) in [6, 6.07) is 6.16. The van der Waals surface area contributed by atoms with Crippen LogP contribution in [0.2, 0.25) is 0 Å². The molecule has 1 aliphatic rings. The molecule has 0 amide bonds. The predicted octanol–water partition coefficient (Wildman–Crippen LogP) is 4.94. The Bertz CT molecular complexity index is 528. The van der Waals surface area contributed by atoms with Gasteiger partial charge in [-0.1, -0.05) is 19.8 Å². The van der Waals surface area contributed by atoms with Gasteiger partial charge in [0.05, 0.1) is 6.10 Å². The topological polar surface area (TPSA) is 39.7 Å². The Hall–Kier alpha value is -1.26. The second kappa shape index (κ2) is 8.21. The molecule has 4 nitrogen and oxygen atoms in total. The lowest BCUT2D eigenvalue weighted by Crippen LogP contribution is -2.51. The Morgan fingerprint density at radius 1 is 1.25 bits per heavy atom. The van der Waals surface area contributed by atoms with Crippen molar-refractivity contribution in [2.45, 2.75) is 77.8 Å². The van der Waals surface area contributed by atoms with Gasteiger partial charge in [-0.25, -0.2) is 0 Å². The van der Waals surface area contributed by atoms with Gasteiger partial charge in [-0.2, -0.15) is 0 Å². The van der Waals surface area contributed by atoms with Crippen LogP contribution in [-0.2, 0) is 9.47 Å². The van der Waals surface area contributed by atoms with Crippen molar-refractivity contribution in [2.75, 3.05) is 19.0 Å². The van der Waals surface area contributed by atoms with Gasteiger partial charge in [-0.3, -0.25) is 0 Å². The third kappa shape index (κ3) is 4.42. The maximum absolute atomic E-state index is 6.29. The summed E-state index contributed by atoms with van der Waals surface area (Å²) < 4.78 is 18.8.